The highest BCUT2D eigenvalue weighted by atomic mass is 16.5. The SMILES string of the molecule is CC1COCCN1C(=O)c1cc(N2CCC[C@@H](N)C2)c2c(c1)n(C)c(=O)n2Cc1ccccc1C#N. The Balaban J connectivity index is 1.69. The number of aromatic nitrogens is 2. The molecule has 1 amide bonds. The fourth-order valence-corrected chi connectivity index (χ4v) is 5.39. The molecule has 3 aromatic rings. The van der Waals surface area contributed by atoms with Gasteiger partial charge in [0.05, 0.1) is 54.2 Å². The quantitative estimate of drug-likeness (QED) is 0.602. The molecule has 3 heterocycles. The minimum absolute atomic E-state index is 0.0234. The molecule has 2 atom stereocenters. The van der Waals surface area contributed by atoms with Crippen molar-refractivity contribution in [2.75, 3.05) is 37.7 Å². The molecular formula is C27H32N6O3. The Hall–Kier alpha value is -3.61. The van der Waals surface area contributed by atoms with E-state index >= 15 is 0 Å². The zero-order valence-electron chi connectivity index (χ0n) is 20.8. The van der Waals surface area contributed by atoms with Gasteiger partial charge in [0.1, 0.15) is 0 Å². The van der Waals surface area contributed by atoms with Crippen LogP contribution in [0, 0.1) is 11.3 Å². The molecule has 0 saturated carbocycles. The molecule has 0 spiro atoms. The number of carbonyl (C=O) groups is 1. The number of nitriles is 1. The van der Waals surface area contributed by atoms with Gasteiger partial charge in [-0.05, 0) is 43.5 Å². The smallest absolute Gasteiger partial charge is 0.329 e. The van der Waals surface area contributed by atoms with Gasteiger partial charge in [0.25, 0.3) is 5.91 Å². The molecule has 36 heavy (non-hydrogen) atoms. The first kappa shape index (κ1) is 24.1. The van der Waals surface area contributed by atoms with Gasteiger partial charge in [-0.15, -0.1) is 0 Å². The molecule has 2 aromatic carbocycles. The van der Waals surface area contributed by atoms with E-state index in [9.17, 15) is 14.9 Å². The Morgan fingerprint density at radius 3 is 2.81 bits per heavy atom. The summed E-state index contributed by atoms with van der Waals surface area (Å²) in [5.41, 5.74) is 10.3. The number of hydrogen-bond acceptors (Lipinski definition) is 6. The number of morpholine rings is 1. The molecule has 2 N–H and O–H groups in total. The number of aryl methyl sites for hydroxylation is 1. The lowest BCUT2D eigenvalue weighted by Gasteiger charge is -2.35. The highest BCUT2D eigenvalue weighted by Crippen LogP contribution is 2.32. The standard InChI is InChI=1S/C27H32N6O3/c1-18-17-36-11-10-32(18)26(34)21-12-23-25(24(13-21)31-9-5-8-22(29)16-31)33(27(35)30(23)2)15-20-7-4-3-6-19(20)14-28/h3-4,6-7,12-13,18,22H,5,8-11,15-17,29H2,1-2H3/t18?,22-/m1/s1. The fourth-order valence-electron chi connectivity index (χ4n) is 5.39. The maximum Gasteiger partial charge on any atom is 0.329 e. The zero-order valence-corrected chi connectivity index (χ0v) is 20.8. The maximum atomic E-state index is 13.6. The topological polar surface area (TPSA) is 110 Å². The second kappa shape index (κ2) is 9.80. The second-order valence-electron chi connectivity index (χ2n) is 9.83. The average Bonchev–Trinajstić information content (AvgIpc) is 3.13. The van der Waals surface area contributed by atoms with Crippen LogP contribution >= 0.6 is 0 Å². The van der Waals surface area contributed by atoms with Crippen molar-refractivity contribution in [1.29, 1.82) is 5.26 Å². The first-order valence-electron chi connectivity index (χ1n) is 12.5. The van der Waals surface area contributed by atoms with Crippen LogP contribution < -0.4 is 16.3 Å². The van der Waals surface area contributed by atoms with E-state index in [1.165, 1.54) is 0 Å². The minimum Gasteiger partial charge on any atom is -0.377 e. The third-order valence-electron chi connectivity index (χ3n) is 7.36. The van der Waals surface area contributed by atoms with E-state index in [1.54, 1.807) is 22.2 Å². The van der Waals surface area contributed by atoms with Gasteiger partial charge in [0.2, 0.25) is 0 Å². The molecule has 1 unspecified atom stereocenters. The molecule has 2 fully saturated rings. The van der Waals surface area contributed by atoms with E-state index in [0.29, 0.717) is 42.9 Å². The van der Waals surface area contributed by atoms with Gasteiger partial charge in [-0.25, -0.2) is 4.79 Å². The number of nitrogens with two attached hydrogens (primary N) is 1. The molecule has 0 aliphatic carbocycles. The van der Waals surface area contributed by atoms with Crippen molar-refractivity contribution in [2.45, 2.75) is 38.4 Å². The molecule has 1 aromatic heterocycles. The highest BCUT2D eigenvalue weighted by molar-refractivity contribution is 6.02. The van der Waals surface area contributed by atoms with Crippen molar-refractivity contribution in [3.8, 4) is 6.07 Å². The molecule has 2 saturated heterocycles. The number of piperidine rings is 1. The Kier molecular flexibility index (Phi) is 6.56. The van der Waals surface area contributed by atoms with E-state index < -0.39 is 0 Å². The zero-order chi connectivity index (χ0) is 25.4. The number of amides is 1. The Labute approximate surface area is 210 Å². The second-order valence-corrected chi connectivity index (χ2v) is 9.83. The molecular weight excluding hydrogens is 456 g/mol. The summed E-state index contributed by atoms with van der Waals surface area (Å²) in [6.07, 6.45) is 1.89. The van der Waals surface area contributed by atoms with Crippen molar-refractivity contribution in [3.63, 3.8) is 0 Å². The van der Waals surface area contributed by atoms with E-state index in [4.69, 9.17) is 10.5 Å². The molecule has 2 aliphatic heterocycles. The van der Waals surface area contributed by atoms with Gasteiger partial charge in [-0.3, -0.25) is 13.9 Å². The first-order chi connectivity index (χ1) is 17.4. The average molecular weight is 489 g/mol. The van der Waals surface area contributed by atoms with Crippen LogP contribution in [-0.4, -0.2) is 64.9 Å². The summed E-state index contributed by atoms with van der Waals surface area (Å²) in [5, 5.41) is 9.60. The van der Waals surface area contributed by atoms with E-state index in [0.717, 1.165) is 36.2 Å². The predicted molar refractivity (Wildman–Crippen MR) is 138 cm³/mol. The summed E-state index contributed by atoms with van der Waals surface area (Å²) in [6.45, 7) is 5.26. The van der Waals surface area contributed by atoms with Crippen molar-refractivity contribution in [1.82, 2.24) is 14.0 Å². The number of benzene rings is 2. The molecule has 9 heteroatoms. The van der Waals surface area contributed by atoms with Crippen LogP contribution in [0.4, 0.5) is 5.69 Å². The first-order valence-corrected chi connectivity index (χ1v) is 12.5. The molecule has 2 aliphatic rings. The number of imidazole rings is 1. The largest absolute Gasteiger partial charge is 0.377 e. The lowest BCUT2D eigenvalue weighted by Crippen LogP contribution is -2.47. The Bertz CT molecular complexity index is 1400. The minimum atomic E-state index is -0.190. The number of anilines is 1. The number of nitrogens with zero attached hydrogens (tertiary/aromatic N) is 5. The summed E-state index contributed by atoms with van der Waals surface area (Å²) >= 11 is 0. The van der Waals surface area contributed by atoms with Gasteiger partial charge in [0, 0.05) is 38.3 Å². The van der Waals surface area contributed by atoms with Crippen LogP contribution in [0.1, 0.15) is 41.3 Å². The van der Waals surface area contributed by atoms with E-state index in [2.05, 4.69) is 11.0 Å². The summed E-state index contributed by atoms with van der Waals surface area (Å²) in [4.78, 5) is 31.2. The number of fused-ring (bicyclic) bond motifs is 1. The van der Waals surface area contributed by atoms with Crippen molar-refractivity contribution in [3.05, 3.63) is 63.6 Å². The number of rotatable bonds is 4. The van der Waals surface area contributed by atoms with Crippen LogP contribution in [0.2, 0.25) is 0 Å². The van der Waals surface area contributed by atoms with Gasteiger partial charge in [-0.2, -0.15) is 5.26 Å². The Morgan fingerprint density at radius 1 is 1.25 bits per heavy atom. The highest BCUT2D eigenvalue weighted by Gasteiger charge is 2.29. The van der Waals surface area contributed by atoms with Crippen LogP contribution in [0.15, 0.2) is 41.2 Å². The lowest BCUT2D eigenvalue weighted by atomic mass is 10.0. The predicted octanol–water partition coefficient (Wildman–Crippen LogP) is 2.05. The van der Waals surface area contributed by atoms with Crippen LogP contribution in [0.25, 0.3) is 11.0 Å². The normalized spacial score (nSPS) is 20.5. The monoisotopic (exact) mass is 488 g/mol. The van der Waals surface area contributed by atoms with Gasteiger partial charge in [0.15, 0.2) is 0 Å². The molecule has 9 nitrogen and oxygen atoms in total. The third-order valence-corrected chi connectivity index (χ3v) is 7.36. The Morgan fingerprint density at radius 2 is 2.06 bits per heavy atom. The lowest BCUT2D eigenvalue weighted by molar-refractivity contribution is 0.00360. The summed E-state index contributed by atoms with van der Waals surface area (Å²) < 4.78 is 8.83. The van der Waals surface area contributed by atoms with Crippen molar-refractivity contribution in [2.24, 2.45) is 12.8 Å². The van der Waals surface area contributed by atoms with Gasteiger partial charge >= 0.3 is 5.69 Å². The van der Waals surface area contributed by atoms with Crippen LogP contribution in [-0.2, 0) is 18.3 Å². The number of carbonyl (C=O) groups excluding carboxylic acids is 1. The van der Waals surface area contributed by atoms with Crippen molar-refractivity contribution < 1.29 is 9.53 Å². The summed E-state index contributed by atoms with van der Waals surface area (Å²) in [7, 11) is 1.73. The van der Waals surface area contributed by atoms with E-state index in [-0.39, 0.29) is 30.2 Å². The summed E-state index contributed by atoms with van der Waals surface area (Å²) in [5.74, 6) is -0.0646. The molecule has 0 bridgehead atoms. The van der Waals surface area contributed by atoms with Crippen LogP contribution in [0.3, 0.4) is 0 Å². The maximum absolute atomic E-state index is 13.6. The molecule has 5 rings (SSSR count). The summed E-state index contributed by atoms with van der Waals surface area (Å²) in [6, 6.07) is 13.3. The number of ether oxygens (including phenoxy) is 1. The number of hydrogen-bond donors (Lipinski definition) is 1. The van der Waals surface area contributed by atoms with Gasteiger partial charge < -0.3 is 20.3 Å². The van der Waals surface area contributed by atoms with E-state index in [1.807, 2.05) is 42.2 Å². The fraction of sp³-hybridized carbons (Fsp3) is 0.444. The molecule has 0 radical (unpaired) electrons. The van der Waals surface area contributed by atoms with Crippen molar-refractivity contribution >= 4 is 22.6 Å². The third kappa shape index (κ3) is 4.27. The van der Waals surface area contributed by atoms with Crippen LogP contribution in [0.5, 0.6) is 0 Å². The van der Waals surface area contributed by atoms with Gasteiger partial charge in [-0.1, -0.05) is 18.2 Å². The molecule has 188 valence electrons.